The summed E-state index contributed by atoms with van der Waals surface area (Å²) in [6, 6.07) is 31.5. The van der Waals surface area contributed by atoms with Gasteiger partial charge in [-0.15, -0.1) is 0 Å². The quantitative estimate of drug-likeness (QED) is 0.131. The molecule has 0 atom stereocenters. The van der Waals surface area contributed by atoms with E-state index in [-0.39, 0.29) is 13.0 Å². The molecule has 15 heteroatoms. The average molecular weight is 859 g/mol. The fourth-order valence-corrected chi connectivity index (χ4v) is 5.75. The highest BCUT2D eigenvalue weighted by molar-refractivity contribution is 8.24. The molecule has 0 spiro atoms. The number of H-pyrrole nitrogens is 1. The Morgan fingerprint density at radius 2 is 1.07 bits per heavy atom. The maximum atomic E-state index is 12.2. The summed E-state index contributed by atoms with van der Waals surface area (Å²) in [4.78, 5) is 19.5. The molecule has 0 amide bonds. The van der Waals surface area contributed by atoms with Crippen molar-refractivity contribution in [1.82, 2.24) is 29.5 Å². The summed E-state index contributed by atoms with van der Waals surface area (Å²) < 4.78 is 23.6. The monoisotopic (exact) mass is 856 g/mol. The van der Waals surface area contributed by atoms with Crippen LogP contribution in [0.5, 0.6) is 11.5 Å². The van der Waals surface area contributed by atoms with Crippen molar-refractivity contribution in [3.8, 4) is 11.5 Å². The third-order valence-corrected chi connectivity index (χ3v) is 8.08. The van der Waals surface area contributed by atoms with Crippen molar-refractivity contribution in [2.24, 2.45) is 0 Å². The Balaban J connectivity index is 0.000000245. The molecule has 10 nitrogen and oxygen atoms in total. The normalized spacial score (nSPS) is 10.5. The van der Waals surface area contributed by atoms with Crippen LogP contribution in [0.2, 0.25) is 5.15 Å². The van der Waals surface area contributed by atoms with Gasteiger partial charge in [-0.2, -0.15) is 10.2 Å². The van der Waals surface area contributed by atoms with Crippen LogP contribution in [0.4, 0.5) is 0 Å². The number of hydrogen-bond acceptors (Lipinski definition) is 7. The predicted octanol–water partition coefficient (Wildman–Crippen LogP) is 12.7. The SMILES string of the molecule is C.CC.CC.COc1ccc(Cn2cc3c(n2)c(=O)[nH]c2ccccc23)cc1.COc1ccc(Cn2cc3c(n2)c(Cl)nc2ccccc23)cc1.O=P(Cl)(Cl)Cl. The molecule has 0 unspecified atom stereocenters. The molecule has 0 saturated heterocycles. The highest BCUT2D eigenvalue weighted by Gasteiger charge is 2.12. The first-order chi connectivity index (χ1) is 26.5. The Kier molecular flexibility index (Phi) is 17.7. The van der Waals surface area contributed by atoms with Crippen LogP contribution in [0.1, 0.15) is 46.2 Å². The third kappa shape index (κ3) is 12.2. The van der Waals surface area contributed by atoms with E-state index in [2.05, 4.69) is 53.9 Å². The molecule has 296 valence electrons. The van der Waals surface area contributed by atoms with Crippen LogP contribution >= 0.6 is 50.5 Å². The molecule has 1 N–H and O–H groups in total. The molecule has 56 heavy (non-hydrogen) atoms. The van der Waals surface area contributed by atoms with Crippen LogP contribution in [-0.2, 0) is 17.7 Å². The van der Waals surface area contributed by atoms with Gasteiger partial charge in [0.25, 0.3) is 5.56 Å². The second-order valence-corrected chi connectivity index (χ2v) is 18.2. The van der Waals surface area contributed by atoms with Crippen LogP contribution in [-0.4, -0.2) is 43.7 Å². The lowest BCUT2D eigenvalue weighted by Crippen LogP contribution is -2.07. The summed E-state index contributed by atoms with van der Waals surface area (Å²) in [5.41, 5.74) is 5.00. The number of rotatable bonds is 6. The number of methoxy groups -OCH3 is 2. The van der Waals surface area contributed by atoms with Crippen molar-refractivity contribution < 1.29 is 14.0 Å². The van der Waals surface area contributed by atoms with Gasteiger partial charge in [0.1, 0.15) is 17.0 Å². The number of nitrogens with zero attached hydrogens (tertiary/aromatic N) is 5. The molecule has 0 aliphatic rings. The van der Waals surface area contributed by atoms with Crippen molar-refractivity contribution in [2.45, 2.75) is 48.2 Å². The maximum Gasteiger partial charge on any atom is 0.339 e. The standard InChI is InChI=1S/C18H14ClN3O.C18H15N3O2.2C2H6.CH4.Cl3OP/c1-23-13-8-6-12(7-9-13)10-22-11-15-14-4-2-3-5-16(14)20-18(19)17(15)21-22;1-23-13-8-6-12(7-9-13)10-21-11-15-14-4-2-3-5-16(14)19-18(22)17(15)20-21;2*1-2;;1-5(2,3)4/h2-9,11H,10H2,1H3;2-9,11H,10H2,1H3,(H,19,22);2*1-2H3;1H4;. The number of ether oxygens (including phenoxy) is 2. The molecule has 4 heterocycles. The molecule has 0 radical (unpaired) electrons. The molecule has 8 rings (SSSR count). The summed E-state index contributed by atoms with van der Waals surface area (Å²) in [7, 11) is 3.31. The molecule has 8 aromatic rings. The van der Waals surface area contributed by atoms with Crippen LogP contribution in [0, 0.1) is 0 Å². The van der Waals surface area contributed by atoms with Crippen LogP contribution in [0.3, 0.4) is 0 Å². The van der Waals surface area contributed by atoms with Crippen LogP contribution < -0.4 is 15.0 Å². The average Bonchev–Trinajstić information content (AvgIpc) is 3.83. The molecule has 4 aromatic carbocycles. The molecule has 0 fully saturated rings. The molecule has 0 aliphatic heterocycles. The molecule has 0 bridgehead atoms. The van der Waals surface area contributed by atoms with Crippen molar-refractivity contribution in [3.63, 3.8) is 0 Å². The van der Waals surface area contributed by atoms with Gasteiger partial charge < -0.3 is 14.5 Å². The third-order valence-electron chi connectivity index (χ3n) is 7.82. The number of fused-ring (bicyclic) bond motifs is 6. The first kappa shape index (κ1) is 45.8. The number of pyridine rings is 2. The Labute approximate surface area is 346 Å². The second kappa shape index (κ2) is 21.7. The zero-order valence-electron chi connectivity index (χ0n) is 31.1. The minimum absolute atomic E-state index is 0. The van der Waals surface area contributed by atoms with Crippen LogP contribution in [0.15, 0.2) is 114 Å². The number of nitrogens with one attached hydrogen (secondary N) is 1. The van der Waals surface area contributed by atoms with E-state index in [1.165, 1.54) is 0 Å². The highest BCUT2D eigenvalue weighted by atomic mass is 36.0. The van der Waals surface area contributed by atoms with Gasteiger partial charge in [-0.25, -0.2) is 4.98 Å². The number of halogens is 4. The van der Waals surface area contributed by atoms with Crippen molar-refractivity contribution in [1.29, 1.82) is 0 Å². The summed E-state index contributed by atoms with van der Waals surface area (Å²) >= 11 is 20.1. The van der Waals surface area contributed by atoms with Gasteiger partial charge in [0.2, 0.25) is 0 Å². The Morgan fingerprint density at radius 1 is 0.643 bits per heavy atom. The van der Waals surface area contributed by atoms with E-state index in [4.69, 9.17) is 21.1 Å². The Hall–Kier alpha value is -4.57. The largest absolute Gasteiger partial charge is 0.497 e. The van der Waals surface area contributed by atoms with E-state index < -0.39 is 5.20 Å². The zero-order valence-corrected chi connectivity index (χ0v) is 35.1. The number of hydrogen-bond donors (Lipinski definition) is 1. The number of aromatic nitrogens is 6. The lowest BCUT2D eigenvalue weighted by atomic mass is 10.1. The van der Waals surface area contributed by atoms with Crippen molar-refractivity contribution in [3.05, 3.63) is 136 Å². The lowest BCUT2D eigenvalue weighted by molar-refractivity contribution is 0.414. The van der Waals surface area contributed by atoms with Gasteiger partial charge in [0, 0.05) is 39.5 Å². The van der Waals surface area contributed by atoms with Gasteiger partial charge in [-0.3, -0.25) is 18.7 Å². The summed E-state index contributed by atoms with van der Waals surface area (Å²) in [5, 5.41) is 10.2. The number of benzene rings is 4. The van der Waals surface area contributed by atoms with E-state index in [0.29, 0.717) is 23.8 Å². The fraction of sp³-hybridized carbons (Fsp3) is 0.220. The second-order valence-electron chi connectivity index (χ2n) is 11.2. The Morgan fingerprint density at radius 3 is 1.57 bits per heavy atom. The van der Waals surface area contributed by atoms with Gasteiger partial charge in [-0.05, 0) is 81.2 Å². The molecular formula is C41H45Cl4N6O4P. The van der Waals surface area contributed by atoms with Gasteiger partial charge in [-0.1, -0.05) is 107 Å². The zero-order chi connectivity index (χ0) is 40.1. The predicted molar refractivity (Wildman–Crippen MR) is 237 cm³/mol. The lowest BCUT2D eigenvalue weighted by Gasteiger charge is -2.03. The molecule has 4 aromatic heterocycles. The van der Waals surface area contributed by atoms with Gasteiger partial charge >= 0.3 is 5.20 Å². The van der Waals surface area contributed by atoms with Crippen molar-refractivity contribution in [2.75, 3.05) is 14.2 Å². The Bertz CT molecular complexity index is 2560. The number of para-hydroxylation sites is 2. The van der Waals surface area contributed by atoms with E-state index in [1.807, 2.05) is 142 Å². The van der Waals surface area contributed by atoms with E-state index >= 15 is 0 Å². The van der Waals surface area contributed by atoms with Crippen LogP contribution in [0.25, 0.3) is 43.6 Å². The maximum absolute atomic E-state index is 12.2. The smallest absolute Gasteiger partial charge is 0.339 e. The highest BCUT2D eigenvalue weighted by Crippen LogP contribution is 2.61. The van der Waals surface area contributed by atoms with Gasteiger partial charge in [0.15, 0.2) is 10.7 Å². The minimum Gasteiger partial charge on any atom is -0.497 e. The minimum atomic E-state index is -3.22. The van der Waals surface area contributed by atoms with Gasteiger partial charge in [0.05, 0.1) is 32.8 Å². The van der Waals surface area contributed by atoms with E-state index in [0.717, 1.165) is 60.7 Å². The summed E-state index contributed by atoms with van der Waals surface area (Å²) in [6.45, 7) is 9.27. The molecular weight excluding hydrogens is 813 g/mol. The topological polar surface area (TPSA) is 117 Å². The fourth-order valence-electron chi connectivity index (χ4n) is 5.52. The first-order valence-corrected chi connectivity index (χ1v) is 22.1. The van der Waals surface area contributed by atoms with Crippen molar-refractivity contribution >= 4 is 94.1 Å². The molecule has 0 saturated carbocycles. The first-order valence-electron chi connectivity index (χ1n) is 17.3. The van der Waals surface area contributed by atoms with E-state index in [9.17, 15) is 9.36 Å². The van der Waals surface area contributed by atoms with E-state index in [1.54, 1.807) is 18.9 Å². The number of aromatic amines is 1. The summed E-state index contributed by atoms with van der Waals surface area (Å²) in [6.07, 6.45) is 3.95. The summed E-state index contributed by atoms with van der Waals surface area (Å²) in [5.74, 6) is 1.67. The molecule has 0 aliphatic carbocycles.